The van der Waals surface area contributed by atoms with E-state index in [0.717, 1.165) is 11.3 Å². The van der Waals surface area contributed by atoms with Crippen molar-refractivity contribution in [3.8, 4) is 5.75 Å². The summed E-state index contributed by atoms with van der Waals surface area (Å²) in [5, 5.41) is 9.71. The fourth-order valence-electron chi connectivity index (χ4n) is 2.34. The second kappa shape index (κ2) is 6.10. The molecule has 2 rings (SSSR count). The Balaban J connectivity index is 2.65. The Morgan fingerprint density at radius 1 is 1.29 bits per heavy atom. The van der Waals surface area contributed by atoms with Crippen LogP contribution in [0, 0.1) is 12.7 Å². The van der Waals surface area contributed by atoms with Gasteiger partial charge in [-0.25, -0.2) is 4.39 Å². The quantitative estimate of drug-likeness (QED) is 0.847. The lowest BCUT2D eigenvalue weighted by Gasteiger charge is -2.27. The van der Waals surface area contributed by atoms with Crippen molar-refractivity contribution in [2.75, 3.05) is 11.4 Å². The average molecular weight is 304 g/mol. The number of benzene rings is 2. The van der Waals surface area contributed by atoms with Crippen molar-refractivity contribution in [2.24, 2.45) is 5.73 Å². The van der Waals surface area contributed by atoms with Crippen molar-refractivity contribution >= 4 is 28.6 Å². The van der Waals surface area contributed by atoms with Crippen molar-refractivity contribution in [1.29, 1.82) is 0 Å². The van der Waals surface area contributed by atoms with Crippen LogP contribution in [0.15, 0.2) is 36.4 Å². The number of phenols is 1. The predicted molar refractivity (Wildman–Crippen MR) is 87.8 cm³/mol. The molecule has 0 aliphatic rings. The van der Waals surface area contributed by atoms with Gasteiger partial charge in [0.05, 0.1) is 11.3 Å². The van der Waals surface area contributed by atoms with Crippen molar-refractivity contribution in [3.63, 3.8) is 0 Å². The first-order valence-corrected chi connectivity index (χ1v) is 7.02. The van der Waals surface area contributed by atoms with Gasteiger partial charge in [-0.1, -0.05) is 24.4 Å². The number of rotatable bonds is 4. The molecule has 0 unspecified atom stereocenters. The van der Waals surface area contributed by atoms with Crippen LogP contribution in [-0.4, -0.2) is 16.6 Å². The third-order valence-corrected chi connectivity index (χ3v) is 3.53. The highest BCUT2D eigenvalue weighted by molar-refractivity contribution is 7.80. The van der Waals surface area contributed by atoms with Crippen LogP contribution in [0.3, 0.4) is 0 Å². The molecule has 0 fully saturated rings. The van der Waals surface area contributed by atoms with Gasteiger partial charge >= 0.3 is 0 Å². The van der Waals surface area contributed by atoms with E-state index in [0.29, 0.717) is 12.2 Å². The Labute approximate surface area is 128 Å². The number of thiocarbonyl (C=S) groups is 1. The van der Waals surface area contributed by atoms with Crippen LogP contribution in [-0.2, 0) is 0 Å². The van der Waals surface area contributed by atoms with Crippen LogP contribution >= 0.6 is 12.2 Å². The Bertz CT molecular complexity index is 688. The molecule has 0 heterocycles. The van der Waals surface area contributed by atoms with E-state index in [9.17, 15) is 9.50 Å². The van der Waals surface area contributed by atoms with E-state index < -0.39 is 5.82 Å². The third-order valence-electron chi connectivity index (χ3n) is 3.33. The summed E-state index contributed by atoms with van der Waals surface area (Å²) >= 11 is 4.97. The van der Waals surface area contributed by atoms with Crippen molar-refractivity contribution in [3.05, 3.63) is 53.3 Å². The second-order valence-corrected chi connectivity index (χ2v) is 5.15. The first kappa shape index (κ1) is 15.3. The van der Waals surface area contributed by atoms with Crippen molar-refractivity contribution < 1.29 is 9.50 Å². The van der Waals surface area contributed by atoms with E-state index in [1.165, 1.54) is 6.07 Å². The Morgan fingerprint density at radius 3 is 2.62 bits per heavy atom. The molecule has 0 saturated carbocycles. The van der Waals surface area contributed by atoms with Gasteiger partial charge in [-0.15, -0.1) is 0 Å². The smallest absolute Gasteiger partial charge is 0.135 e. The lowest BCUT2D eigenvalue weighted by atomic mass is 10.1. The molecule has 2 aromatic carbocycles. The largest absolute Gasteiger partial charge is 0.508 e. The molecule has 0 spiro atoms. The number of halogens is 1. The predicted octanol–water partition coefficient (Wildman–Crippen LogP) is 3.63. The average Bonchev–Trinajstić information content (AvgIpc) is 2.43. The Morgan fingerprint density at radius 2 is 2.00 bits per heavy atom. The normalized spacial score (nSPS) is 10.4. The molecule has 0 aliphatic carbocycles. The van der Waals surface area contributed by atoms with Crippen LogP contribution in [0.4, 0.5) is 15.8 Å². The highest BCUT2D eigenvalue weighted by Gasteiger charge is 2.18. The zero-order chi connectivity index (χ0) is 15.6. The maximum absolute atomic E-state index is 14.0. The molecule has 0 aliphatic heterocycles. The molecule has 2 aromatic rings. The zero-order valence-corrected chi connectivity index (χ0v) is 12.7. The van der Waals surface area contributed by atoms with Crippen LogP contribution < -0.4 is 10.6 Å². The number of phenolic OH excluding ortho intramolecular Hbond substituents is 1. The van der Waals surface area contributed by atoms with E-state index in [2.05, 4.69) is 0 Å². The maximum Gasteiger partial charge on any atom is 0.135 e. The molecule has 5 heteroatoms. The Kier molecular flexibility index (Phi) is 4.43. The fourth-order valence-corrected chi connectivity index (χ4v) is 2.54. The number of anilines is 2. The molecule has 21 heavy (non-hydrogen) atoms. The molecule has 0 saturated heterocycles. The molecule has 3 nitrogen and oxygen atoms in total. The van der Waals surface area contributed by atoms with Gasteiger partial charge < -0.3 is 15.7 Å². The van der Waals surface area contributed by atoms with Crippen molar-refractivity contribution in [1.82, 2.24) is 0 Å². The molecule has 0 radical (unpaired) electrons. The standard InChI is InChI=1S/C16H17FN2OS/c1-3-19(14-9-11(20)8-7-10(14)2)13-6-4-5-12(17)15(13)16(18)21/h4-9,20H,3H2,1-2H3,(H2,18,21). The van der Waals surface area contributed by atoms with E-state index in [-0.39, 0.29) is 16.3 Å². The molecule has 0 bridgehead atoms. The highest BCUT2D eigenvalue weighted by atomic mass is 32.1. The molecular formula is C16H17FN2OS. The van der Waals surface area contributed by atoms with Crippen molar-refractivity contribution in [2.45, 2.75) is 13.8 Å². The molecular weight excluding hydrogens is 287 g/mol. The monoisotopic (exact) mass is 304 g/mol. The molecule has 110 valence electrons. The number of hydrogen-bond acceptors (Lipinski definition) is 3. The minimum Gasteiger partial charge on any atom is -0.508 e. The summed E-state index contributed by atoms with van der Waals surface area (Å²) in [4.78, 5) is 1.89. The van der Waals surface area contributed by atoms with E-state index in [4.69, 9.17) is 18.0 Å². The first-order valence-electron chi connectivity index (χ1n) is 6.61. The Hall–Kier alpha value is -2.14. The van der Waals surface area contributed by atoms with E-state index in [1.54, 1.807) is 24.3 Å². The summed E-state index contributed by atoms with van der Waals surface area (Å²) in [5.41, 5.74) is 8.24. The van der Waals surface area contributed by atoms with Gasteiger partial charge in [0.2, 0.25) is 0 Å². The number of nitrogens with zero attached hydrogens (tertiary/aromatic N) is 1. The van der Waals surface area contributed by atoms with Gasteiger partial charge in [0.1, 0.15) is 16.6 Å². The van der Waals surface area contributed by atoms with Crippen LogP contribution in [0.25, 0.3) is 0 Å². The third kappa shape index (κ3) is 2.97. The fraction of sp³-hybridized carbons (Fsp3) is 0.188. The molecule has 0 atom stereocenters. The summed E-state index contributed by atoms with van der Waals surface area (Å²) in [6.45, 7) is 4.46. The lowest BCUT2D eigenvalue weighted by molar-refractivity contribution is 0.475. The van der Waals surface area contributed by atoms with Gasteiger partial charge in [0, 0.05) is 18.3 Å². The number of nitrogens with two attached hydrogens (primary N) is 1. The van der Waals surface area contributed by atoms with Gasteiger partial charge in [-0.3, -0.25) is 0 Å². The van der Waals surface area contributed by atoms with Crippen LogP contribution in [0.5, 0.6) is 5.75 Å². The molecule has 0 aromatic heterocycles. The SMILES string of the molecule is CCN(c1cc(O)ccc1C)c1cccc(F)c1C(N)=S. The van der Waals surface area contributed by atoms with E-state index in [1.807, 2.05) is 24.8 Å². The highest BCUT2D eigenvalue weighted by Crippen LogP contribution is 2.33. The summed E-state index contributed by atoms with van der Waals surface area (Å²) in [6.07, 6.45) is 0. The summed E-state index contributed by atoms with van der Waals surface area (Å²) in [5.74, 6) is -0.293. The molecule has 0 amide bonds. The topological polar surface area (TPSA) is 49.5 Å². The maximum atomic E-state index is 14.0. The first-order chi connectivity index (χ1) is 9.95. The van der Waals surface area contributed by atoms with Crippen LogP contribution in [0.1, 0.15) is 18.1 Å². The van der Waals surface area contributed by atoms with Gasteiger partial charge in [0.25, 0.3) is 0 Å². The van der Waals surface area contributed by atoms with Gasteiger partial charge in [-0.2, -0.15) is 0 Å². The zero-order valence-electron chi connectivity index (χ0n) is 11.9. The van der Waals surface area contributed by atoms with Gasteiger partial charge in [-0.05, 0) is 37.6 Å². The van der Waals surface area contributed by atoms with Gasteiger partial charge in [0.15, 0.2) is 0 Å². The summed E-state index contributed by atoms with van der Waals surface area (Å²) in [6, 6.07) is 9.80. The number of hydrogen-bond donors (Lipinski definition) is 2. The summed E-state index contributed by atoms with van der Waals surface area (Å²) < 4.78 is 14.0. The lowest BCUT2D eigenvalue weighted by Crippen LogP contribution is -2.23. The number of aryl methyl sites for hydroxylation is 1. The minimum absolute atomic E-state index is 0.0133. The van der Waals surface area contributed by atoms with Crippen LogP contribution in [0.2, 0.25) is 0 Å². The number of aromatic hydroxyl groups is 1. The summed E-state index contributed by atoms with van der Waals surface area (Å²) in [7, 11) is 0. The molecule has 3 N–H and O–H groups in total. The van der Waals surface area contributed by atoms with E-state index >= 15 is 0 Å². The minimum atomic E-state index is -0.448. The second-order valence-electron chi connectivity index (χ2n) is 4.71.